The molecule has 13 nitrogen and oxygen atoms in total. The molecule has 39 heavy (non-hydrogen) atoms. The Morgan fingerprint density at radius 2 is 1.64 bits per heavy atom. The number of H-pyrrole nitrogens is 1. The largest absolute Gasteiger partial charge is 0.481 e. The number of hydrogen-bond donors (Lipinski definition) is 8. The van der Waals surface area contributed by atoms with E-state index in [2.05, 4.69) is 20.9 Å². The van der Waals surface area contributed by atoms with Crippen LogP contribution in [0.4, 0.5) is 0 Å². The number of carboxylic acids is 2. The minimum Gasteiger partial charge on any atom is -0.481 e. The number of para-hydroxylation sites is 1. The first-order valence-electron chi connectivity index (χ1n) is 12.3. The Bertz CT molecular complexity index is 1170. The number of carbonyl (C=O) groups is 5. The number of aliphatic hydroxyl groups excluding tert-OH is 1. The molecule has 0 saturated carbocycles. The molecule has 0 saturated heterocycles. The third kappa shape index (κ3) is 9.57. The van der Waals surface area contributed by atoms with E-state index in [0.29, 0.717) is 5.75 Å². The van der Waals surface area contributed by atoms with Gasteiger partial charge in [-0.3, -0.25) is 19.2 Å². The number of hydrogen-bond acceptors (Lipinski definition) is 8. The van der Waals surface area contributed by atoms with Crippen molar-refractivity contribution < 1.29 is 39.3 Å². The maximum absolute atomic E-state index is 13.0. The van der Waals surface area contributed by atoms with E-state index in [1.165, 1.54) is 18.7 Å². The topological polar surface area (TPSA) is 224 Å². The molecule has 0 spiro atoms. The number of aliphatic hydroxyl groups is 1. The second-order valence-corrected chi connectivity index (χ2v) is 10.1. The quantitative estimate of drug-likeness (QED) is 0.131. The van der Waals surface area contributed by atoms with E-state index in [9.17, 15) is 34.2 Å². The smallest absolute Gasteiger partial charge is 0.326 e. The molecule has 1 aromatic heterocycles. The fourth-order valence-electron chi connectivity index (χ4n) is 3.86. The van der Waals surface area contributed by atoms with Crippen molar-refractivity contribution in [3.05, 3.63) is 36.0 Å². The van der Waals surface area contributed by atoms with Crippen LogP contribution in [0.25, 0.3) is 10.9 Å². The van der Waals surface area contributed by atoms with Gasteiger partial charge in [-0.05, 0) is 49.8 Å². The maximum Gasteiger partial charge on any atom is 0.326 e. The molecule has 0 aliphatic carbocycles. The van der Waals surface area contributed by atoms with E-state index in [4.69, 9.17) is 10.8 Å². The SMILES string of the molecule is CSCCC(NC(=O)C(CCC(=O)O)NC(=O)C(NC(=O)C(N)Cc1c[nH]c2ccccc12)C(C)O)C(=O)O. The van der Waals surface area contributed by atoms with Crippen LogP contribution in [0.1, 0.15) is 31.7 Å². The summed E-state index contributed by atoms with van der Waals surface area (Å²) in [5, 5.41) is 36.6. The lowest BCUT2D eigenvalue weighted by molar-refractivity contribution is -0.143. The van der Waals surface area contributed by atoms with Crippen LogP contribution in [0.5, 0.6) is 0 Å². The molecule has 0 bridgehead atoms. The van der Waals surface area contributed by atoms with Gasteiger partial charge < -0.3 is 42.0 Å². The Balaban J connectivity index is 2.11. The highest BCUT2D eigenvalue weighted by atomic mass is 32.2. The van der Waals surface area contributed by atoms with E-state index < -0.39 is 66.4 Å². The molecule has 3 amide bonds. The number of benzene rings is 1. The molecule has 1 aromatic carbocycles. The van der Waals surface area contributed by atoms with E-state index in [-0.39, 0.29) is 19.3 Å². The van der Waals surface area contributed by atoms with Gasteiger partial charge in [-0.15, -0.1) is 0 Å². The lowest BCUT2D eigenvalue weighted by Gasteiger charge is -2.26. The van der Waals surface area contributed by atoms with Crippen molar-refractivity contribution in [3.63, 3.8) is 0 Å². The lowest BCUT2D eigenvalue weighted by Crippen LogP contribution is -2.60. The predicted molar refractivity (Wildman–Crippen MR) is 145 cm³/mol. The predicted octanol–water partition coefficient (Wildman–Crippen LogP) is -0.425. The van der Waals surface area contributed by atoms with Gasteiger partial charge in [0.1, 0.15) is 18.1 Å². The summed E-state index contributed by atoms with van der Waals surface area (Å²) in [5.74, 6) is -4.65. The van der Waals surface area contributed by atoms with Crippen molar-refractivity contribution in [1.82, 2.24) is 20.9 Å². The summed E-state index contributed by atoms with van der Waals surface area (Å²) in [5.41, 5.74) is 7.73. The van der Waals surface area contributed by atoms with Crippen molar-refractivity contribution in [2.45, 2.75) is 62.9 Å². The Morgan fingerprint density at radius 1 is 0.974 bits per heavy atom. The van der Waals surface area contributed by atoms with Crippen molar-refractivity contribution >= 4 is 52.3 Å². The van der Waals surface area contributed by atoms with Crippen LogP contribution < -0.4 is 21.7 Å². The van der Waals surface area contributed by atoms with Gasteiger partial charge in [0.05, 0.1) is 12.1 Å². The van der Waals surface area contributed by atoms with E-state index in [0.717, 1.165) is 16.5 Å². The number of aromatic amines is 1. The minimum atomic E-state index is -1.52. The van der Waals surface area contributed by atoms with Gasteiger partial charge in [0.2, 0.25) is 17.7 Å². The molecule has 1 heterocycles. The van der Waals surface area contributed by atoms with Gasteiger partial charge in [-0.25, -0.2) is 4.79 Å². The number of carboxylic acid groups (broad SMARTS) is 2. The molecule has 2 rings (SSSR count). The number of amides is 3. The van der Waals surface area contributed by atoms with Crippen LogP contribution in [0.3, 0.4) is 0 Å². The van der Waals surface area contributed by atoms with Crippen molar-refractivity contribution in [1.29, 1.82) is 0 Å². The summed E-state index contributed by atoms with van der Waals surface area (Å²) in [6, 6.07) is 2.18. The zero-order valence-corrected chi connectivity index (χ0v) is 22.5. The third-order valence-corrected chi connectivity index (χ3v) is 6.66. The number of carbonyl (C=O) groups excluding carboxylic acids is 3. The molecule has 0 radical (unpaired) electrons. The molecule has 214 valence electrons. The first-order chi connectivity index (χ1) is 18.4. The Labute approximate surface area is 229 Å². The number of nitrogens with two attached hydrogens (primary N) is 1. The Hall–Kier alpha value is -3.62. The first kappa shape index (κ1) is 31.6. The van der Waals surface area contributed by atoms with Gasteiger partial charge in [-0.2, -0.15) is 11.8 Å². The number of fused-ring (bicyclic) bond motifs is 1. The number of aliphatic carboxylic acids is 2. The summed E-state index contributed by atoms with van der Waals surface area (Å²) >= 11 is 1.38. The zero-order chi connectivity index (χ0) is 29.1. The van der Waals surface area contributed by atoms with Gasteiger partial charge in [-0.1, -0.05) is 18.2 Å². The second kappa shape index (κ2) is 15.1. The zero-order valence-electron chi connectivity index (χ0n) is 21.7. The fourth-order valence-corrected chi connectivity index (χ4v) is 4.33. The van der Waals surface area contributed by atoms with Gasteiger partial charge in [0.25, 0.3) is 0 Å². The Kier molecular flexibility index (Phi) is 12.2. The monoisotopic (exact) mass is 565 g/mol. The van der Waals surface area contributed by atoms with Gasteiger partial charge in [0, 0.05) is 23.5 Å². The number of rotatable bonds is 16. The van der Waals surface area contributed by atoms with Crippen molar-refractivity contribution in [2.24, 2.45) is 5.73 Å². The van der Waals surface area contributed by atoms with Crippen LogP contribution in [0, 0.1) is 0 Å². The molecule has 0 aliphatic rings. The lowest BCUT2D eigenvalue weighted by atomic mass is 10.0. The van der Waals surface area contributed by atoms with E-state index >= 15 is 0 Å². The van der Waals surface area contributed by atoms with Gasteiger partial charge in [0.15, 0.2) is 0 Å². The highest BCUT2D eigenvalue weighted by molar-refractivity contribution is 7.98. The highest BCUT2D eigenvalue weighted by Gasteiger charge is 2.32. The average Bonchev–Trinajstić information content (AvgIpc) is 3.29. The molecule has 5 unspecified atom stereocenters. The van der Waals surface area contributed by atoms with Gasteiger partial charge >= 0.3 is 11.9 Å². The van der Waals surface area contributed by atoms with Crippen LogP contribution in [-0.4, -0.2) is 92.2 Å². The molecular weight excluding hydrogens is 530 g/mol. The number of aromatic nitrogens is 1. The average molecular weight is 566 g/mol. The number of thioether (sulfide) groups is 1. The maximum atomic E-state index is 13.0. The normalized spacial score (nSPS) is 15.0. The third-order valence-electron chi connectivity index (χ3n) is 6.02. The summed E-state index contributed by atoms with van der Waals surface area (Å²) < 4.78 is 0. The van der Waals surface area contributed by atoms with E-state index in [1.54, 1.807) is 12.5 Å². The molecular formula is C25H35N5O8S. The van der Waals surface area contributed by atoms with Crippen molar-refractivity contribution in [3.8, 4) is 0 Å². The fraction of sp³-hybridized carbons (Fsp3) is 0.480. The standard InChI is InChI=1S/C25H35N5O8S/c1-13(31)21(30-22(34)16(26)11-14-12-27-17-6-4-3-5-15(14)17)24(36)28-18(7-8-20(32)33)23(35)29-19(25(37)38)9-10-39-2/h3-6,12-13,16,18-19,21,27,31H,7-11,26H2,1-2H3,(H,28,36)(H,29,35)(H,30,34)(H,32,33)(H,37,38). The van der Waals surface area contributed by atoms with Crippen molar-refractivity contribution in [2.75, 3.05) is 12.0 Å². The first-order valence-corrected chi connectivity index (χ1v) is 13.7. The molecule has 5 atom stereocenters. The summed E-state index contributed by atoms with van der Waals surface area (Å²) in [7, 11) is 0. The Morgan fingerprint density at radius 3 is 2.26 bits per heavy atom. The van der Waals surface area contributed by atoms with Crippen LogP contribution in [-0.2, 0) is 30.4 Å². The second-order valence-electron chi connectivity index (χ2n) is 9.07. The summed E-state index contributed by atoms with van der Waals surface area (Å²) in [4.78, 5) is 64.4. The molecule has 2 aromatic rings. The highest BCUT2D eigenvalue weighted by Crippen LogP contribution is 2.18. The number of nitrogens with one attached hydrogen (secondary N) is 4. The molecule has 14 heteroatoms. The summed E-state index contributed by atoms with van der Waals surface area (Å²) in [6.45, 7) is 1.25. The van der Waals surface area contributed by atoms with Crippen LogP contribution in [0.2, 0.25) is 0 Å². The molecule has 0 aliphatic heterocycles. The van der Waals surface area contributed by atoms with Crippen LogP contribution >= 0.6 is 11.8 Å². The minimum absolute atomic E-state index is 0.114. The van der Waals surface area contributed by atoms with E-state index in [1.807, 2.05) is 24.3 Å². The molecule has 9 N–H and O–H groups in total. The summed E-state index contributed by atoms with van der Waals surface area (Å²) in [6.07, 6.45) is 1.51. The molecule has 0 fully saturated rings. The van der Waals surface area contributed by atoms with Crippen LogP contribution in [0.15, 0.2) is 30.5 Å².